The van der Waals surface area contributed by atoms with Crippen LogP contribution in [0.2, 0.25) is 0 Å². The van der Waals surface area contributed by atoms with Gasteiger partial charge in [-0.05, 0) is 35.8 Å². The molecule has 0 spiro atoms. The van der Waals surface area contributed by atoms with E-state index in [-0.39, 0.29) is 6.10 Å². The quantitative estimate of drug-likeness (QED) is 0.907. The minimum atomic E-state index is -0.410. The van der Waals surface area contributed by atoms with Crippen LogP contribution in [0.5, 0.6) is 0 Å². The Labute approximate surface area is 159 Å². The summed E-state index contributed by atoms with van der Waals surface area (Å²) in [7, 11) is 0. The maximum Gasteiger partial charge on any atom is 0.250 e. The molecule has 0 saturated carbocycles. The summed E-state index contributed by atoms with van der Waals surface area (Å²) >= 11 is 0. The molecule has 1 atom stereocenters. The molecule has 2 aliphatic heterocycles. The smallest absolute Gasteiger partial charge is 0.250 e. The number of carbonyl (C=O) groups is 1. The molecule has 4 rings (SSSR count). The third kappa shape index (κ3) is 3.87. The van der Waals surface area contributed by atoms with Gasteiger partial charge in [-0.1, -0.05) is 42.5 Å². The van der Waals surface area contributed by atoms with E-state index in [9.17, 15) is 4.79 Å². The summed E-state index contributed by atoms with van der Waals surface area (Å²) < 4.78 is 6.00. The number of hydrogen-bond acceptors (Lipinski definition) is 4. The maximum atomic E-state index is 12.1. The summed E-state index contributed by atoms with van der Waals surface area (Å²) in [6, 6.07) is 15.9. The molecule has 2 aromatic rings. The number of ether oxygens (including phenoxy) is 1. The molecule has 2 N–H and O–H groups in total. The molecule has 0 unspecified atom stereocenters. The van der Waals surface area contributed by atoms with E-state index in [2.05, 4.69) is 16.0 Å². The fourth-order valence-corrected chi connectivity index (χ4v) is 3.60. The summed E-state index contributed by atoms with van der Waals surface area (Å²) in [6.45, 7) is 2.33. The first-order valence-electron chi connectivity index (χ1n) is 9.32. The van der Waals surface area contributed by atoms with E-state index < -0.39 is 5.91 Å². The number of benzene rings is 2. The Bertz CT molecular complexity index is 890. The molecular weight excluding hydrogens is 338 g/mol. The molecule has 1 fully saturated rings. The van der Waals surface area contributed by atoms with Gasteiger partial charge in [0, 0.05) is 25.2 Å². The van der Waals surface area contributed by atoms with E-state index in [1.165, 1.54) is 0 Å². The van der Waals surface area contributed by atoms with E-state index in [0.29, 0.717) is 11.5 Å². The van der Waals surface area contributed by atoms with Crippen molar-refractivity contribution in [2.45, 2.75) is 18.9 Å². The summed E-state index contributed by atoms with van der Waals surface area (Å²) in [5.41, 5.74) is 9.16. The molecule has 0 radical (unpaired) electrons. The van der Waals surface area contributed by atoms with Gasteiger partial charge in [-0.3, -0.25) is 9.79 Å². The Morgan fingerprint density at radius 3 is 2.74 bits per heavy atom. The zero-order chi connectivity index (χ0) is 18.6. The number of anilines is 1. The molecule has 0 aliphatic carbocycles. The van der Waals surface area contributed by atoms with Gasteiger partial charge in [0.25, 0.3) is 5.91 Å². The highest BCUT2D eigenvalue weighted by atomic mass is 16.5. The predicted octanol–water partition coefficient (Wildman–Crippen LogP) is 3.41. The Balaban J connectivity index is 1.54. The number of primary amides is 1. The van der Waals surface area contributed by atoms with Gasteiger partial charge in [0.1, 0.15) is 6.10 Å². The third-order valence-electron chi connectivity index (χ3n) is 4.97. The molecule has 138 valence electrons. The van der Waals surface area contributed by atoms with Crippen LogP contribution in [0.3, 0.4) is 0 Å². The van der Waals surface area contributed by atoms with Crippen LogP contribution in [0.15, 0.2) is 65.7 Å². The Hall–Kier alpha value is -3.08. The highest BCUT2D eigenvalue weighted by Crippen LogP contribution is 2.30. The van der Waals surface area contributed by atoms with Crippen LogP contribution in [0.4, 0.5) is 5.69 Å². The number of nitrogens with two attached hydrogens (primary N) is 1. The lowest BCUT2D eigenvalue weighted by molar-refractivity contribution is 0.100. The molecular formula is C22H23N3O2. The molecule has 0 aromatic heterocycles. The van der Waals surface area contributed by atoms with Crippen LogP contribution < -0.4 is 10.6 Å². The lowest BCUT2D eigenvalue weighted by Gasteiger charge is -2.22. The van der Waals surface area contributed by atoms with Gasteiger partial charge in [0.05, 0.1) is 12.1 Å². The molecule has 2 aliphatic rings. The first kappa shape index (κ1) is 17.3. The van der Waals surface area contributed by atoms with Gasteiger partial charge >= 0.3 is 0 Å². The van der Waals surface area contributed by atoms with Crippen molar-refractivity contribution >= 4 is 17.5 Å². The van der Waals surface area contributed by atoms with Gasteiger partial charge in [0.2, 0.25) is 5.90 Å². The van der Waals surface area contributed by atoms with Gasteiger partial charge < -0.3 is 15.4 Å². The maximum absolute atomic E-state index is 12.1. The number of carbonyl (C=O) groups excluding carboxylic acids is 1. The largest absolute Gasteiger partial charge is 0.473 e. The zero-order valence-corrected chi connectivity index (χ0v) is 15.2. The first-order valence-corrected chi connectivity index (χ1v) is 9.32. The van der Waals surface area contributed by atoms with Gasteiger partial charge in [-0.15, -0.1) is 0 Å². The van der Waals surface area contributed by atoms with Crippen molar-refractivity contribution in [1.82, 2.24) is 0 Å². The van der Waals surface area contributed by atoms with Gasteiger partial charge in [-0.2, -0.15) is 0 Å². The summed E-state index contributed by atoms with van der Waals surface area (Å²) in [6.07, 6.45) is 5.96. The highest BCUT2D eigenvalue weighted by molar-refractivity contribution is 6.00. The average molecular weight is 361 g/mol. The molecule has 2 aromatic carbocycles. The number of dihydropyridines is 1. The van der Waals surface area contributed by atoms with Crippen LogP contribution in [-0.2, 0) is 4.74 Å². The molecule has 1 saturated heterocycles. The second-order valence-corrected chi connectivity index (χ2v) is 6.85. The monoisotopic (exact) mass is 361 g/mol. The first-order chi connectivity index (χ1) is 13.2. The van der Waals surface area contributed by atoms with Crippen molar-refractivity contribution in [2.75, 3.05) is 24.5 Å². The lowest BCUT2D eigenvalue weighted by atomic mass is 10.0. The number of rotatable bonds is 4. The van der Waals surface area contributed by atoms with Crippen molar-refractivity contribution < 1.29 is 9.53 Å². The zero-order valence-electron chi connectivity index (χ0n) is 15.2. The summed E-state index contributed by atoms with van der Waals surface area (Å²) in [5.74, 6) is 0.300. The minimum Gasteiger partial charge on any atom is -0.473 e. The number of nitrogens with zero attached hydrogens (tertiary/aromatic N) is 2. The lowest BCUT2D eigenvalue weighted by Crippen LogP contribution is -2.27. The summed E-state index contributed by atoms with van der Waals surface area (Å²) in [4.78, 5) is 18.7. The van der Waals surface area contributed by atoms with E-state index in [4.69, 9.17) is 10.5 Å². The second-order valence-electron chi connectivity index (χ2n) is 6.85. The Morgan fingerprint density at radius 1 is 1.15 bits per heavy atom. The fraction of sp³-hybridized carbons (Fsp3) is 0.273. The number of aliphatic imine (C=N–C) groups is 1. The molecule has 5 nitrogen and oxygen atoms in total. The van der Waals surface area contributed by atoms with Crippen LogP contribution in [-0.4, -0.2) is 37.5 Å². The summed E-state index contributed by atoms with van der Waals surface area (Å²) in [5, 5.41) is 0. The standard InChI is InChI=1S/C22H23N3O2/c23-22(26)19-14-17(16-6-2-1-3-7-16)9-10-20(19)25-13-11-18(15-25)27-21-8-4-5-12-24-21/h1-4,6-10,14,18H,5,11-13,15H2,(H2,23,26)/t18-/m1/s1. The van der Waals surface area contributed by atoms with Crippen molar-refractivity contribution in [3.8, 4) is 11.1 Å². The molecule has 2 heterocycles. The van der Waals surface area contributed by atoms with E-state index in [1.54, 1.807) is 0 Å². The van der Waals surface area contributed by atoms with Gasteiger partial charge in [0.15, 0.2) is 0 Å². The Morgan fingerprint density at radius 2 is 2.00 bits per heavy atom. The fourth-order valence-electron chi connectivity index (χ4n) is 3.60. The van der Waals surface area contributed by atoms with Crippen LogP contribution in [0.1, 0.15) is 23.2 Å². The minimum absolute atomic E-state index is 0.0704. The SMILES string of the molecule is NC(=O)c1cc(-c2ccccc2)ccc1N1CC[C@@H](OC2=NCCC=C2)C1. The topological polar surface area (TPSA) is 67.9 Å². The van der Waals surface area contributed by atoms with Crippen LogP contribution >= 0.6 is 0 Å². The van der Waals surface area contributed by atoms with Crippen LogP contribution in [0, 0.1) is 0 Å². The highest BCUT2D eigenvalue weighted by Gasteiger charge is 2.27. The predicted molar refractivity (Wildman–Crippen MR) is 108 cm³/mol. The van der Waals surface area contributed by atoms with Crippen molar-refractivity contribution in [1.29, 1.82) is 0 Å². The second kappa shape index (κ2) is 7.66. The number of amides is 1. The number of hydrogen-bond donors (Lipinski definition) is 1. The molecule has 27 heavy (non-hydrogen) atoms. The normalized spacial score (nSPS) is 19.0. The van der Waals surface area contributed by atoms with E-state index in [0.717, 1.165) is 49.3 Å². The average Bonchev–Trinajstić information content (AvgIpc) is 3.17. The molecule has 0 bridgehead atoms. The molecule has 5 heteroatoms. The van der Waals surface area contributed by atoms with Crippen molar-refractivity contribution in [3.63, 3.8) is 0 Å². The van der Waals surface area contributed by atoms with E-state index >= 15 is 0 Å². The van der Waals surface area contributed by atoms with E-state index in [1.807, 2.05) is 54.6 Å². The molecule has 1 amide bonds. The Kier molecular flexibility index (Phi) is 4.92. The van der Waals surface area contributed by atoms with Gasteiger partial charge in [-0.25, -0.2) is 0 Å². The third-order valence-corrected chi connectivity index (χ3v) is 4.97. The van der Waals surface area contributed by atoms with Crippen LogP contribution in [0.25, 0.3) is 11.1 Å². The van der Waals surface area contributed by atoms with Crippen molar-refractivity contribution in [3.05, 3.63) is 66.2 Å². The van der Waals surface area contributed by atoms with Crippen molar-refractivity contribution in [2.24, 2.45) is 10.7 Å².